The Labute approximate surface area is 98.5 Å². The number of hydrogen-bond donors (Lipinski definition) is 1. The van der Waals surface area contributed by atoms with E-state index in [2.05, 4.69) is 20.7 Å². The van der Waals surface area contributed by atoms with Crippen LogP contribution in [0.15, 0.2) is 28.7 Å². The molecule has 1 aromatic carbocycles. The molecule has 6 heteroatoms. The summed E-state index contributed by atoms with van der Waals surface area (Å²) in [6.07, 6.45) is 2.03. The summed E-state index contributed by atoms with van der Waals surface area (Å²) in [5.74, 6) is -1.25. The highest BCUT2D eigenvalue weighted by Gasteiger charge is 2.11. The standard InChI is InChI=1S/C10H7BrF2O3/c11-7-3-1-2-6(4-5-8(14)15)9(7)16-10(12)13/h1-5,10H,(H,14,15)/b5-4+. The summed E-state index contributed by atoms with van der Waals surface area (Å²) in [6.45, 7) is -2.96. The molecule has 0 fully saturated rings. The van der Waals surface area contributed by atoms with Gasteiger partial charge in [-0.15, -0.1) is 0 Å². The van der Waals surface area contributed by atoms with Gasteiger partial charge in [0.15, 0.2) is 0 Å². The van der Waals surface area contributed by atoms with Gasteiger partial charge < -0.3 is 9.84 Å². The third-order valence-electron chi connectivity index (χ3n) is 1.61. The van der Waals surface area contributed by atoms with E-state index in [0.29, 0.717) is 4.47 Å². The molecule has 0 atom stereocenters. The van der Waals surface area contributed by atoms with Gasteiger partial charge in [-0.25, -0.2) is 4.79 Å². The Hall–Kier alpha value is -1.43. The van der Waals surface area contributed by atoms with E-state index in [1.54, 1.807) is 6.07 Å². The SMILES string of the molecule is O=C(O)/C=C/c1cccc(Br)c1OC(F)F. The van der Waals surface area contributed by atoms with Crippen molar-refractivity contribution in [3.05, 3.63) is 34.3 Å². The highest BCUT2D eigenvalue weighted by molar-refractivity contribution is 9.10. The molecule has 0 heterocycles. The third-order valence-corrected chi connectivity index (χ3v) is 2.23. The van der Waals surface area contributed by atoms with Crippen LogP contribution in [0, 0.1) is 0 Å². The molecule has 1 N–H and O–H groups in total. The molecule has 0 aromatic heterocycles. The number of carboxylic acid groups (broad SMARTS) is 1. The zero-order valence-electron chi connectivity index (χ0n) is 7.86. The Bertz CT molecular complexity index is 419. The monoisotopic (exact) mass is 292 g/mol. The van der Waals surface area contributed by atoms with Gasteiger partial charge in [0.05, 0.1) is 4.47 Å². The number of alkyl halides is 2. The van der Waals surface area contributed by atoms with E-state index < -0.39 is 12.6 Å². The van der Waals surface area contributed by atoms with Gasteiger partial charge in [-0.2, -0.15) is 8.78 Å². The first-order valence-corrected chi connectivity index (χ1v) is 4.94. The molecule has 0 saturated heterocycles. The average Bonchev–Trinajstić information content (AvgIpc) is 2.18. The molecule has 0 amide bonds. The van der Waals surface area contributed by atoms with Crippen LogP contribution in [0.3, 0.4) is 0 Å². The van der Waals surface area contributed by atoms with Crippen molar-refractivity contribution in [1.29, 1.82) is 0 Å². The largest absolute Gasteiger partial charge is 0.478 e. The van der Waals surface area contributed by atoms with Crippen molar-refractivity contribution >= 4 is 28.0 Å². The Morgan fingerprint density at radius 1 is 1.50 bits per heavy atom. The Balaban J connectivity index is 3.07. The topological polar surface area (TPSA) is 46.5 Å². The number of carboxylic acids is 1. The van der Waals surface area contributed by atoms with E-state index in [4.69, 9.17) is 5.11 Å². The van der Waals surface area contributed by atoms with Gasteiger partial charge in [0, 0.05) is 11.6 Å². The molecule has 0 bridgehead atoms. The molecule has 1 aromatic rings. The van der Waals surface area contributed by atoms with Crippen molar-refractivity contribution in [1.82, 2.24) is 0 Å². The van der Waals surface area contributed by atoms with Crippen LogP contribution in [0.4, 0.5) is 8.78 Å². The number of ether oxygens (including phenoxy) is 1. The summed E-state index contributed by atoms with van der Waals surface area (Å²) in [5, 5.41) is 8.43. The smallest absolute Gasteiger partial charge is 0.387 e. The van der Waals surface area contributed by atoms with E-state index in [-0.39, 0.29) is 11.3 Å². The van der Waals surface area contributed by atoms with Crippen molar-refractivity contribution < 1.29 is 23.4 Å². The zero-order valence-corrected chi connectivity index (χ0v) is 9.45. The first kappa shape index (κ1) is 12.6. The number of para-hydroxylation sites is 1. The molecular formula is C10H7BrF2O3. The Morgan fingerprint density at radius 3 is 2.75 bits per heavy atom. The highest BCUT2D eigenvalue weighted by atomic mass is 79.9. The molecule has 1 rings (SSSR count). The maximum absolute atomic E-state index is 12.1. The maximum Gasteiger partial charge on any atom is 0.387 e. The molecule has 0 aliphatic carbocycles. The second kappa shape index (κ2) is 5.60. The van der Waals surface area contributed by atoms with Gasteiger partial charge in [0.2, 0.25) is 0 Å². The summed E-state index contributed by atoms with van der Waals surface area (Å²) in [7, 11) is 0. The van der Waals surface area contributed by atoms with Gasteiger partial charge in [0.1, 0.15) is 5.75 Å². The van der Waals surface area contributed by atoms with Crippen molar-refractivity contribution in [2.45, 2.75) is 6.61 Å². The van der Waals surface area contributed by atoms with Crippen LogP contribution in [-0.4, -0.2) is 17.7 Å². The second-order valence-electron chi connectivity index (χ2n) is 2.71. The van der Waals surface area contributed by atoms with Gasteiger partial charge in [0.25, 0.3) is 0 Å². The minimum atomic E-state index is -2.96. The summed E-state index contributed by atoms with van der Waals surface area (Å²) in [5.41, 5.74) is 0.261. The fourth-order valence-corrected chi connectivity index (χ4v) is 1.51. The Morgan fingerprint density at radius 2 is 2.19 bits per heavy atom. The number of hydrogen-bond acceptors (Lipinski definition) is 2. The van der Waals surface area contributed by atoms with E-state index in [0.717, 1.165) is 6.08 Å². The maximum atomic E-state index is 12.1. The lowest BCUT2D eigenvalue weighted by Crippen LogP contribution is -2.04. The molecule has 0 spiro atoms. The van der Waals surface area contributed by atoms with Crippen LogP contribution in [0.2, 0.25) is 0 Å². The first-order chi connectivity index (χ1) is 7.50. The molecule has 86 valence electrons. The van der Waals surface area contributed by atoms with Crippen molar-refractivity contribution in [3.8, 4) is 5.75 Å². The molecule has 0 aliphatic heterocycles. The molecular weight excluding hydrogens is 286 g/mol. The number of halogens is 3. The van der Waals surface area contributed by atoms with Crippen LogP contribution in [-0.2, 0) is 4.79 Å². The summed E-state index contributed by atoms with van der Waals surface area (Å²) >= 11 is 3.04. The minimum Gasteiger partial charge on any atom is -0.478 e. The lowest BCUT2D eigenvalue weighted by atomic mass is 10.2. The quantitative estimate of drug-likeness (QED) is 0.867. The van der Waals surface area contributed by atoms with Gasteiger partial charge >= 0.3 is 12.6 Å². The predicted octanol–water partition coefficient (Wildman–Crippen LogP) is 3.15. The number of rotatable bonds is 4. The van der Waals surface area contributed by atoms with E-state index in [9.17, 15) is 13.6 Å². The molecule has 0 radical (unpaired) electrons. The lowest BCUT2D eigenvalue weighted by Gasteiger charge is -2.09. The van der Waals surface area contributed by atoms with Crippen LogP contribution >= 0.6 is 15.9 Å². The average molecular weight is 293 g/mol. The van der Waals surface area contributed by atoms with Crippen molar-refractivity contribution in [3.63, 3.8) is 0 Å². The number of carbonyl (C=O) groups is 1. The molecule has 0 unspecified atom stereocenters. The van der Waals surface area contributed by atoms with Gasteiger partial charge in [-0.3, -0.25) is 0 Å². The zero-order chi connectivity index (χ0) is 12.1. The third kappa shape index (κ3) is 3.62. The van der Waals surface area contributed by atoms with Crippen LogP contribution in [0.5, 0.6) is 5.75 Å². The van der Waals surface area contributed by atoms with Crippen LogP contribution in [0.1, 0.15) is 5.56 Å². The molecule has 3 nitrogen and oxygen atoms in total. The fourth-order valence-electron chi connectivity index (χ4n) is 1.03. The summed E-state index contributed by atoms with van der Waals surface area (Å²) < 4.78 is 28.8. The number of benzene rings is 1. The predicted molar refractivity (Wildman–Crippen MR) is 57.4 cm³/mol. The Kier molecular flexibility index (Phi) is 4.42. The molecule has 0 saturated carbocycles. The van der Waals surface area contributed by atoms with Crippen molar-refractivity contribution in [2.24, 2.45) is 0 Å². The second-order valence-corrected chi connectivity index (χ2v) is 3.56. The molecule has 16 heavy (non-hydrogen) atoms. The van der Waals surface area contributed by atoms with Crippen LogP contribution < -0.4 is 4.74 Å². The number of aliphatic carboxylic acids is 1. The van der Waals surface area contributed by atoms with Gasteiger partial charge in [-0.1, -0.05) is 12.1 Å². The normalized spacial score (nSPS) is 11.0. The van der Waals surface area contributed by atoms with E-state index in [1.165, 1.54) is 18.2 Å². The lowest BCUT2D eigenvalue weighted by molar-refractivity contribution is -0.131. The first-order valence-electron chi connectivity index (χ1n) is 4.15. The van der Waals surface area contributed by atoms with E-state index >= 15 is 0 Å². The summed E-state index contributed by atoms with van der Waals surface area (Å²) in [4.78, 5) is 10.3. The van der Waals surface area contributed by atoms with Crippen molar-refractivity contribution in [2.75, 3.05) is 0 Å². The fraction of sp³-hybridized carbons (Fsp3) is 0.100. The van der Waals surface area contributed by atoms with Crippen LogP contribution in [0.25, 0.3) is 6.08 Å². The minimum absolute atomic E-state index is 0.0880. The van der Waals surface area contributed by atoms with Gasteiger partial charge in [-0.05, 0) is 28.1 Å². The molecule has 0 aliphatic rings. The van der Waals surface area contributed by atoms with E-state index in [1.807, 2.05) is 0 Å². The summed E-state index contributed by atoms with van der Waals surface area (Å²) in [6, 6.07) is 4.58. The highest BCUT2D eigenvalue weighted by Crippen LogP contribution is 2.31.